The first-order valence-electron chi connectivity index (χ1n) is 21.3. The number of Topliss-reactive ketones (excluding diaryl/α,β-unsaturated/α-hetero) is 2. The fourth-order valence-corrected chi connectivity index (χ4v) is 8.22. The van der Waals surface area contributed by atoms with Crippen molar-refractivity contribution in [1.29, 1.82) is 0 Å². The van der Waals surface area contributed by atoms with Crippen molar-refractivity contribution in [3.63, 3.8) is 0 Å². The summed E-state index contributed by atoms with van der Waals surface area (Å²) in [4.78, 5) is 90.4. The number of halogens is 6. The third-order valence-electron chi connectivity index (χ3n) is 9.76. The van der Waals surface area contributed by atoms with Gasteiger partial charge in [-0.1, -0.05) is 23.8 Å². The summed E-state index contributed by atoms with van der Waals surface area (Å²) in [5.41, 5.74) is 7.55. The van der Waals surface area contributed by atoms with Crippen molar-refractivity contribution in [3.8, 4) is 0 Å². The van der Waals surface area contributed by atoms with E-state index in [2.05, 4.69) is 36.0 Å². The highest BCUT2D eigenvalue weighted by Crippen LogP contribution is 2.25. The topological polar surface area (TPSA) is 303 Å². The van der Waals surface area contributed by atoms with Crippen molar-refractivity contribution >= 4 is 62.1 Å². The van der Waals surface area contributed by atoms with E-state index in [0.717, 1.165) is 17.5 Å². The summed E-state index contributed by atoms with van der Waals surface area (Å²) in [6.07, 6.45) is -5.09. The SMILES string of the molecule is Cc1cc(C)c(S(=O)(=O)NC(CNC(=O)c2cn(CCCNC(=O)CCC(=O)NCCCOCCCN)c3cc(CNc4ncc[nH]4)ccc3c2=O)C(=O)O)c(C)c1.O=C(C(=O)C(F)(F)F)C(F)(F)F. The zero-order chi connectivity index (χ0) is 52.4. The minimum Gasteiger partial charge on any atom is -0.480 e. The van der Waals surface area contributed by atoms with E-state index in [9.17, 15) is 73.4 Å². The molecule has 0 saturated carbocycles. The van der Waals surface area contributed by atoms with E-state index in [1.165, 1.54) is 6.20 Å². The number of aliphatic carboxylic acids is 1. The van der Waals surface area contributed by atoms with Crippen LogP contribution in [-0.4, -0.2) is 121 Å². The van der Waals surface area contributed by atoms with Gasteiger partial charge >= 0.3 is 29.9 Å². The van der Waals surface area contributed by atoms with Gasteiger partial charge in [0.15, 0.2) is 5.95 Å². The number of benzene rings is 2. The molecular formula is C43H53F6N9O11S. The quantitative estimate of drug-likeness (QED) is 0.0269. The third kappa shape index (κ3) is 18.0. The lowest BCUT2D eigenvalue weighted by molar-refractivity contribution is -0.193. The molecule has 1 unspecified atom stereocenters. The number of imidazole rings is 1. The van der Waals surface area contributed by atoms with E-state index in [-0.39, 0.29) is 53.6 Å². The van der Waals surface area contributed by atoms with Crippen molar-refractivity contribution in [2.45, 2.75) is 89.3 Å². The molecule has 0 bridgehead atoms. The van der Waals surface area contributed by atoms with Gasteiger partial charge in [-0.05, 0) is 75.4 Å². The number of aromatic nitrogens is 3. The van der Waals surface area contributed by atoms with Gasteiger partial charge in [0.2, 0.25) is 27.3 Å². The number of carboxylic acids is 1. The number of nitrogens with two attached hydrogens (primary N) is 1. The number of hydrogen-bond acceptors (Lipinski definition) is 13. The van der Waals surface area contributed by atoms with Crippen molar-refractivity contribution in [2.24, 2.45) is 5.73 Å². The number of carboxylic acid groups (broad SMARTS) is 1. The predicted octanol–water partition coefficient (Wildman–Crippen LogP) is 2.83. The van der Waals surface area contributed by atoms with Crippen LogP contribution in [0.3, 0.4) is 0 Å². The number of aromatic amines is 1. The number of amides is 3. The molecule has 0 fully saturated rings. The molecule has 27 heteroatoms. The molecule has 2 heterocycles. The second-order valence-corrected chi connectivity index (χ2v) is 17.1. The first kappa shape index (κ1) is 57.6. The molecule has 0 aliphatic carbocycles. The fourth-order valence-electron chi connectivity index (χ4n) is 6.57. The largest absolute Gasteiger partial charge is 0.480 e. The number of alkyl halides is 6. The van der Waals surface area contributed by atoms with Crippen LogP contribution in [0.4, 0.5) is 32.3 Å². The Labute approximate surface area is 396 Å². The number of aryl methyl sites for hydroxylation is 4. The van der Waals surface area contributed by atoms with E-state index in [1.807, 2.05) is 6.92 Å². The molecule has 2 aromatic heterocycles. The molecule has 0 spiro atoms. The Morgan fingerprint density at radius 3 is 1.99 bits per heavy atom. The average Bonchev–Trinajstić information content (AvgIpc) is 3.80. The van der Waals surface area contributed by atoms with Crippen LogP contribution in [0.1, 0.15) is 64.7 Å². The van der Waals surface area contributed by atoms with Crippen LogP contribution in [0, 0.1) is 20.8 Å². The lowest BCUT2D eigenvalue weighted by Gasteiger charge is -2.19. The number of sulfonamides is 1. The second kappa shape index (κ2) is 26.3. The maximum atomic E-state index is 13.7. The van der Waals surface area contributed by atoms with Crippen molar-refractivity contribution in [2.75, 3.05) is 44.7 Å². The highest BCUT2D eigenvalue weighted by molar-refractivity contribution is 7.89. The fraction of sp³-hybridized carbons (Fsp3) is 0.442. The number of hydrogen-bond donors (Lipinski definition) is 8. The van der Waals surface area contributed by atoms with Crippen LogP contribution < -0.4 is 37.2 Å². The number of rotatable bonds is 25. The summed E-state index contributed by atoms with van der Waals surface area (Å²) in [5, 5.41) is 21.2. The van der Waals surface area contributed by atoms with Gasteiger partial charge in [-0.15, -0.1) is 0 Å². The lowest BCUT2D eigenvalue weighted by atomic mass is 10.1. The second-order valence-electron chi connectivity index (χ2n) is 15.5. The summed E-state index contributed by atoms with van der Waals surface area (Å²) in [6, 6.07) is 6.70. The maximum Gasteiger partial charge on any atom is 0.458 e. The van der Waals surface area contributed by atoms with Crippen LogP contribution in [0.15, 0.2) is 58.6 Å². The van der Waals surface area contributed by atoms with E-state index in [1.54, 1.807) is 61.1 Å². The Bertz CT molecular complexity index is 2610. The predicted molar refractivity (Wildman–Crippen MR) is 240 cm³/mol. The number of pyridine rings is 1. The molecule has 3 amide bonds. The molecule has 0 aliphatic heterocycles. The highest BCUT2D eigenvalue weighted by atomic mass is 32.2. The summed E-state index contributed by atoms with van der Waals surface area (Å²) in [5.74, 6) is -9.25. The summed E-state index contributed by atoms with van der Waals surface area (Å²) >= 11 is 0. The van der Waals surface area contributed by atoms with E-state index < -0.39 is 63.8 Å². The van der Waals surface area contributed by atoms with Crippen molar-refractivity contribution < 1.29 is 73.4 Å². The molecule has 1 atom stereocenters. The lowest BCUT2D eigenvalue weighted by Crippen LogP contribution is -2.49. The highest BCUT2D eigenvalue weighted by Gasteiger charge is 2.54. The van der Waals surface area contributed by atoms with Crippen molar-refractivity contribution in [1.82, 2.24) is 35.2 Å². The van der Waals surface area contributed by atoms with Crippen LogP contribution in [-0.2, 0) is 51.8 Å². The number of carbonyl (C=O) groups excluding carboxylic acids is 5. The van der Waals surface area contributed by atoms with Gasteiger partial charge < -0.3 is 46.4 Å². The molecule has 9 N–H and O–H groups in total. The van der Waals surface area contributed by atoms with Crippen LogP contribution in [0.25, 0.3) is 10.9 Å². The molecule has 4 aromatic rings. The van der Waals surface area contributed by atoms with E-state index in [0.29, 0.717) is 68.3 Å². The molecule has 20 nitrogen and oxygen atoms in total. The van der Waals surface area contributed by atoms with Gasteiger partial charge in [-0.25, -0.2) is 13.4 Å². The molecular weight excluding hydrogens is 965 g/mol. The minimum absolute atomic E-state index is 0.00609. The summed E-state index contributed by atoms with van der Waals surface area (Å²) in [7, 11) is -4.31. The normalized spacial score (nSPS) is 12.1. The van der Waals surface area contributed by atoms with Gasteiger partial charge in [0.1, 0.15) is 11.6 Å². The number of carbonyl (C=O) groups is 6. The number of ether oxygens (including phenoxy) is 1. The number of ketones is 2. The zero-order valence-corrected chi connectivity index (χ0v) is 38.9. The third-order valence-corrected chi connectivity index (χ3v) is 11.5. The van der Waals surface area contributed by atoms with Crippen LogP contribution in [0.2, 0.25) is 0 Å². The summed E-state index contributed by atoms with van der Waals surface area (Å²) < 4.78 is 103. The molecule has 0 radical (unpaired) electrons. The average molecular weight is 1020 g/mol. The van der Waals surface area contributed by atoms with Crippen LogP contribution >= 0.6 is 0 Å². The smallest absolute Gasteiger partial charge is 0.458 e. The first-order chi connectivity index (χ1) is 32.8. The molecule has 0 saturated heterocycles. The Hall–Kier alpha value is -6.71. The standard InChI is InChI=1S/C39H53N9O9S.C4F6O2/c1-25-19-26(2)36(27(3)20-25)58(55,56)47-31(38(53)54)23-45-37(52)30-24-48(32-21-28(7-8-29(32)35(30)51)22-46-39-43-14-15-44-39)16-5-12-41-33(49)9-10-34(50)42-13-6-18-57-17-4-11-40;5-3(6,7)1(11)2(12)4(8,9)10/h7-8,14-15,19-21,24,31,47H,4-6,9-13,16-18,22-23,40H2,1-3H3,(H,41,49)(H,42,50)(H,45,52)(H,53,54)(H2,43,44,46);. The Morgan fingerprint density at radius 1 is 0.857 bits per heavy atom. The summed E-state index contributed by atoms with van der Waals surface area (Å²) in [6.45, 7) is 7.29. The number of fused-ring (bicyclic) bond motifs is 1. The molecule has 70 heavy (non-hydrogen) atoms. The number of anilines is 1. The van der Waals surface area contributed by atoms with Gasteiger partial charge in [-0.2, -0.15) is 31.1 Å². The number of H-pyrrole nitrogens is 1. The Kier molecular flexibility index (Phi) is 21.7. The van der Waals surface area contributed by atoms with E-state index >= 15 is 0 Å². The van der Waals surface area contributed by atoms with Gasteiger partial charge in [0, 0.05) is 82.8 Å². The molecule has 384 valence electrons. The molecule has 0 aliphatic rings. The monoisotopic (exact) mass is 1020 g/mol. The number of nitrogens with one attached hydrogen (secondary N) is 6. The van der Waals surface area contributed by atoms with Crippen LogP contribution in [0.5, 0.6) is 0 Å². The molecule has 2 aromatic carbocycles. The Balaban J connectivity index is 0.000000949. The van der Waals surface area contributed by atoms with Gasteiger partial charge in [-0.3, -0.25) is 33.6 Å². The number of nitrogens with zero attached hydrogens (tertiary/aromatic N) is 2. The molecule has 4 rings (SSSR count). The zero-order valence-electron chi connectivity index (χ0n) is 38.1. The van der Waals surface area contributed by atoms with Crippen molar-refractivity contribution in [3.05, 3.63) is 87.0 Å². The van der Waals surface area contributed by atoms with Gasteiger partial charge in [0.05, 0.1) is 10.4 Å². The Morgan fingerprint density at radius 2 is 1.44 bits per heavy atom. The maximum absolute atomic E-state index is 13.7. The first-order valence-corrected chi connectivity index (χ1v) is 22.8. The minimum atomic E-state index is -5.77. The van der Waals surface area contributed by atoms with E-state index in [4.69, 9.17) is 10.5 Å². The van der Waals surface area contributed by atoms with Gasteiger partial charge in [0.25, 0.3) is 5.91 Å².